The van der Waals surface area contributed by atoms with Gasteiger partial charge in [0.05, 0.1) is 6.10 Å². The number of nitrogens with zero attached hydrogens (tertiary/aromatic N) is 2. The number of carbonyl (C=O) groups is 1. The number of anilines is 1. The van der Waals surface area contributed by atoms with Crippen LogP contribution in [-0.2, 0) is 22.5 Å². The van der Waals surface area contributed by atoms with Gasteiger partial charge < -0.3 is 19.9 Å². The predicted octanol–water partition coefficient (Wildman–Crippen LogP) is 2.82. The molecular formula is C25H33N3O4. The van der Waals surface area contributed by atoms with Crippen LogP contribution in [0, 0.1) is 0 Å². The number of hydrogen-bond acceptors (Lipinski definition) is 7. The number of pyridine rings is 1. The summed E-state index contributed by atoms with van der Waals surface area (Å²) in [6.45, 7) is 3.88. The molecule has 172 valence electrons. The summed E-state index contributed by atoms with van der Waals surface area (Å²) in [6.07, 6.45) is 3.14. The first-order valence-corrected chi connectivity index (χ1v) is 11.6. The Morgan fingerprint density at radius 3 is 2.84 bits per heavy atom. The van der Waals surface area contributed by atoms with Crippen LogP contribution in [0.1, 0.15) is 36.8 Å². The van der Waals surface area contributed by atoms with Gasteiger partial charge in [-0.3, -0.25) is 9.69 Å². The molecule has 32 heavy (non-hydrogen) atoms. The van der Waals surface area contributed by atoms with Crippen LogP contribution in [-0.4, -0.2) is 65.8 Å². The summed E-state index contributed by atoms with van der Waals surface area (Å²) in [5.74, 6) is 1.15. The number of ketones is 1. The first kappa shape index (κ1) is 22.7. The third-order valence-corrected chi connectivity index (χ3v) is 6.11. The van der Waals surface area contributed by atoms with Crippen molar-refractivity contribution in [2.45, 2.75) is 50.8 Å². The summed E-state index contributed by atoms with van der Waals surface area (Å²) in [5.41, 5.74) is 2.72. The molecule has 2 aliphatic rings. The Kier molecular flexibility index (Phi) is 8.09. The van der Waals surface area contributed by atoms with Crippen LogP contribution in [0.15, 0.2) is 42.5 Å². The lowest BCUT2D eigenvalue weighted by Crippen LogP contribution is -2.36. The number of nitrogens with one attached hydrogen (secondary N) is 1. The number of aliphatic hydroxyl groups is 1. The van der Waals surface area contributed by atoms with Gasteiger partial charge in [-0.05, 0) is 42.9 Å². The van der Waals surface area contributed by atoms with Gasteiger partial charge >= 0.3 is 0 Å². The van der Waals surface area contributed by atoms with Crippen molar-refractivity contribution in [1.82, 2.24) is 9.88 Å². The van der Waals surface area contributed by atoms with Crippen molar-refractivity contribution in [2.75, 3.05) is 38.2 Å². The minimum absolute atomic E-state index is 0.0300. The molecule has 1 aromatic carbocycles. The number of hydrogen-bond donors (Lipinski definition) is 2. The van der Waals surface area contributed by atoms with E-state index in [-0.39, 0.29) is 12.4 Å². The van der Waals surface area contributed by atoms with Crippen molar-refractivity contribution in [3.8, 4) is 5.88 Å². The molecule has 1 aromatic heterocycles. The van der Waals surface area contributed by atoms with Crippen LogP contribution >= 0.6 is 0 Å². The summed E-state index contributed by atoms with van der Waals surface area (Å²) >= 11 is 0. The molecule has 2 aliphatic heterocycles. The SMILES string of the molecule is O=C(CCC(O)CN1CCc2ccccc2C1)COc1cccc(NC2CCOCC2)n1. The van der Waals surface area contributed by atoms with Gasteiger partial charge in [-0.2, -0.15) is 4.98 Å². The zero-order chi connectivity index (χ0) is 22.2. The largest absolute Gasteiger partial charge is 0.470 e. The number of rotatable bonds is 10. The molecule has 0 bridgehead atoms. The molecule has 0 amide bonds. The van der Waals surface area contributed by atoms with Gasteiger partial charge in [0.25, 0.3) is 0 Å². The van der Waals surface area contributed by atoms with E-state index < -0.39 is 6.10 Å². The second-order valence-corrected chi connectivity index (χ2v) is 8.67. The molecule has 0 aliphatic carbocycles. The predicted molar refractivity (Wildman–Crippen MR) is 123 cm³/mol. The molecule has 0 saturated carbocycles. The van der Waals surface area contributed by atoms with Crippen LogP contribution in [0.3, 0.4) is 0 Å². The van der Waals surface area contributed by atoms with E-state index in [1.54, 1.807) is 6.07 Å². The van der Waals surface area contributed by atoms with Crippen LogP contribution in [0.4, 0.5) is 5.82 Å². The Morgan fingerprint density at radius 2 is 2.00 bits per heavy atom. The standard InChI is InChI=1S/C25H33N3O4/c29-22(17-28-13-10-19-4-1-2-5-20(19)16-28)8-9-23(30)18-32-25-7-3-6-24(27-25)26-21-11-14-31-15-12-21/h1-7,21-22,29H,8-18H2,(H,26,27). The molecule has 0 spiro atoms. The third-order valence-electron chi connectivity index (χ3n) is 6.11. The number of ether oxygens (including phenoxy) is 2. The van der Waals surface area contributed by atoms with Gasteiger partial charge in [-0.25, -0.2) is 0 Å². The number of carbonyl (C=O) groups excluding carboxylic acids is 1. The highest BCUT2D eigenvalue weighted by molar-refractivity contribution is 5.79. The van der Waals surface area contributed by atoms with E-state index in [2.05, 4.69) is 39.5 Å². The van der Waals surface area contributed by atoms with Crippen molar-refractivity contribution in [2.24, 2.45) is 0 Å². The average Bonchev–Trinajstić information content (AvgIpc) is 2.82. The van der Waals surface area contributed by atoms with Gasteiger partial charge in [-0.1, -0.05) is 30.3 Å². The normalized spacial score (nSPS) is 18.0. The maximum absolute atomic E-state index is 12.3. The Labute approximate surface area is 189 Å². The molecule has 7 heteroatoms. The zero-order valence-corrected chi connectivity index (χ0v) is 18.5. The quantitative estimate of drug-likeness (QED) is 0.589. The van der Waals surface area contributed by atoms with E-state index in [1.807, 2.05) is 12.1 Å². The summed E-state index contributed by atoms with van der Waals surface area (Å²) in [7, 11) is 0. The van der Waals surface area contributed by atoms with E-state index in [1.165, 1.54) is 11.1 Å². The van der Waals surface area contributed by atoms with E-state index in [0.29, 0.717) is 31.3 Å². The minimum Gasteiger partial charge on any atom is -0.470 e. The smallest absolute Gasteiger partial charge is 0.215 e. The summed E-state index contributed by atoms with van der Waals surface area (Å²) in [6, 6.07) is 14.3. The topological polar surface area (TPSA) is 83.9 Å². The van der Waals surface area contributed by atoms with Gasteiger partial charge in [0.1, 0.15) is 12.4 Å². The van der Waals surface area contributed by atoms with E-state index in [9.17, 15) is 9.90 Å². The average molecular weight is 440 g/mol. The van der Waals surface area contributed by atoms with Crippen molar-refractivity contribution in [3.63, 3.8) is 0 Å². The van der Waals surface area contributed by atoms with Gasteiger partial charge in [0, 0.05) is 51.4 Å². The number of fused-ring (bicyclic) bond motifs is 1. The fourth-order valence-electron chi connectivity index (χ4n) is 4.28. The van der Waals surface area contributed by atoms with Crippen molar-refractivity contribution in [1.29, 1.82) is 0 Å². The summed E-state index contributed by atoms with van der Waals surface area (Å²) < 4.78 is 11.0. The third kappa shape index (κ3) is 6.76. The maximum Gasteiger partial charge on any atom is 0.215 e. The Morgan fingerprint density at radius 1 is 1.19 bits per heavy atom. The fourth-order valence-corrected chi connectivity index (χ4v) is 4.28. The lowest BCUT2D eigenvalue weighted by atomic mass is 9.99. The van der Waals surface area contributed by atoms with Gasteiger partial charge in [0.2, 0.25) is 5.88 Å². The molecule has 2 N–H and O–H groups in total. The second-order valence-electron chi connectivity index (χ2n) is 8.67. The van der Waals surface area contributed by atoms with Gasteiger partial charge in [0.15, 0.2) is 5.78 Å². The number of aromatic nitrogens is 1. The monoisotopic (exact) mass is 439 g/mol. The number of β-amino-alcohol motifs (C(OH)–C–C–N with tert-alkyl or cyclic N) is 1. The Balaban J connectivity index is 1.16. The molecule has 4 rings (SSSR count). The summed E-state index contributed by atoms with van der Waals surface area (Å²) in [5, 5.41) is 13.8. The van der Waals surface area contributed by atoms with Crippen LogP contribution in [0.25, 0.3) is 0 Å². The van der Waals surface area contributed by atoms with Crippen molar-refractivity contribution < 1.29 is 19.4 Å². The molecule has 1 unspecified atom stereocenters. The van der Waals surface area contributed by atoms with Crippen LogP contribution in [0.2, 0.25) is 0 Å². The zero-order valence-electron chi connectivity index (χ0n) is 18.5. The summed E-state index contributed by atoms with van der Waals surface area (Å²) in [4.78, 5) is 19.0. The molecule has 1 fully saturated rings. The van der Waals surface area contributed by atoms with Crippen LogP contribution < -0.4 is 10.1 Å². The Hall–Kier alpha value is -2.48. The van der Waals surface area contributed by atoms with Crippen LogP contribution in [0.5, 0.6) is 5.88 Å². The minimum atomic E-state index is -0.519. The molecule has 0 radical (unpaired) electrons. The molecule has 1 saturated heterocycles. The highest BCUT2D eigenvalue weighted by Gasteiger charge is 2.19. The molecule has 1 atom stereocenters. The molecule has 7 nitrogen and oxygen atoms in total. The van der Waals surface area contributed by atoms with Crippen molar-refractivity contribution in [3.05, 3.63) is 53.6 Å². The molecular weight excluding hydrogens is 406 g/mol. The molecule has 3 heterocycles. The van der Waals surface area contributed by atoms with E-state index in [0.717, 1.165) is 51.4 Å². The number of Topliss-reactive ketones (excluding diaryl/α,β-unsaturated/α-hetero) is 1. The number of aliphatic hydroxyl groups excluding tert-OH is 1. The highest BCUT2D eigenvalue weighted by Crippen LogP contribution is 2.19. The van der Waals surface area contributed by atoms with E-state index in [4.69, 9.17) is 9.47 Å². The van der Waals surface area contributed by atoms with Gasteiger partial charge in [-0.15, -0.1) is 0 Å². The number of benzene rings is 1. The Bertz CT molecular complexity index is 885. The first-order valence-electron chi connectivity index (χ1n) is 11.6. The first-order chi connectivity index (χ1) is 15.7. The van der Waals surface area contributed by atoms with Crippen molar-refractivity contribution >= 4 is 11.6 Å². The maximum atomic E-state index is 12.3. The fraction of sp³-hybridized carbons (Fsp3) is 0.520. The van der Waals surface area contributed by atoms with E-state index >= 15 is 0 Å². The lowest BCUT2D eigenvalue weighted by Gasteiger charge is -2.30. The highest BCUT2D eigenvalue weighted by atomic mass is 16.5. The second kappa shape index (κ2) is 11.4. The lowest BCUT2D eigenvalue weighted by molar-refractivity contribution is -0.121. The molecule has 2 aromatic rings.